The second-order valence-electron chi connectivity index (χ2n) is 5.59. The Morgan fingerprint density at radius 1 is 1.20 bits per heavy atom. The van der Waals surface area contributed by atoms with E-state index in [9.17, 15) is 5.11 Å². The third kappa shape index (κ3) is 2.68. The van der Waals surface area contributed by atoms with E-state index >= 15 is 0 Å². The van der Waals surface area contributed by atoms with Crippen LogP contribution in [0, 0.1) is 5.92 Å². The highest BCUT2D eigenvalue weighted by atomic mass is 16.3. The fourth-order valence-electron chi connectivity index (χ4n) is 3.07. The van der Waals surface area contributed by atoms with E-state index in [1.807, 2.05) is 12.1 Å². The first-order valence-corrected chi connectivity index (χ1v) is 7.18. The van der Waals surface area contributed by atoms with Gasteiger partial charge >= 0.3 is 0 Å². The second kappa shape index (κ2) is 5.63. The molecule has 1 aliphatic rings. The van der Waals surface area contributed by atoms with Crippen LogP contribution in [-0.2, 0) is 19.3 Å². The predicted octanol–water partition coefficient (Wildman–Crippen LogP) is 2.37. The van der Waals surface area contributed by atoms with Crippen LogP contribution in [-0.4, -0.2) is 16.2 Å². The number of nitrogen functional groups attached to an aromatic ring is 1. The average Bonchev–Trinajstić information content (AvgIpc) is 2.49. The van der Waals surface area contributed by atoms with Crippen LogP contribution in [0.3, 0.4) is 0 Å². The van der Waals surface area contributed by atoms with E-state index in [-0.39, 0.29) is 6.10 Å². The lowest BCUT2D eigenvalue weighted by atomic mass is 9.79. The minimum Gasteiger partial charge on any atom is -0.392 e. The number of aliphatic hydroxyl groups excluding tert-OH is 1. The molecule has 0 fully saturated rings. The summed E-state index contributed by atoms with van der Waals surface area (Å²) in [6.07, 6.45) is 4.97. The second-order valence-corrected chi connectivity index (χ2v) is 5.59. The molecule has 0 spiro atoms. The summed E-state index contributed by atoms with van der Waals surface area (Å²) in [5, 5.41) is 10.5. The van der Waals surface area contributed by atoms with Crippen molar-refractivity contribution in [3.8, 4) is 0 Å². The fraction of sp³-hybridized carbons (Fsp3) is 0.353. The number of hydrogen-bond donors (Lipinski definition) is 2. The lowest BCUT2D eigenvalue weighted by molar-refractivity contribution is 0.0994. The van der Waals surface area contributed by atoms with Crippen molar-refractivity contribution in [2.75, 3.05) is 5.73 Å². The van der Waals surface area contributed by atoms with Crippen LogP contribution in [0.15, 0.2) is 42.6 Å². The number of aromatic nitrogens is 1. The molecular formula is C17H20N2O. The molecule has 0 bridgehead atoms. The van der Waals surface area contributed by atoms with E-state index in [4.69, 9.17) is 5.73 Å². The zero-order valence-corrected chi connectivity index (χ0v) is 11.5. The first-order valence-electron chi connectivity index (χ1n) is 7.18. The van der Waals surface area contributed by atoms with Gasteiger partial charge in [-0.3, -0.25) is 0 Å². The molecule has 0 aliphatic heterocycles. The molecule has 0 saturated heterocycles. The maximum Gasteiger partial charge on any atom is 0.126 e. The van der Waals surface area contributed by atoms with Gasteiger partial charge in [-0.1, -0.05) is 30.3 Å². The molecule has 0 radical (unpaired) electrons. The van der Waals surface area contributed by atoms with Gasteiger partial charge in [0.15, 0.2) is 0 Å². The highest BCUT2D eigenvalue weighted by Gasteiger charge is 2.25. The Hall–Kier alpha value is -1.87. The lowest BCUT2D eigenvalue weighted by Crippen LogP contribution is -2.28. The Labute approximate surface area is 119 Å². The molecule has 20 heavy (non-hydrogen) atoms. The van der Waals surface area contributed by atoms with Crippen molar-refractivity contribution in [3.63, 3.8) is 0 Å². The van der Waals surface area contributed by atoms with Crippen molar-refractivity contribution in [2.24, 2.45) is 5.92 Å². The first kappa shape index (κ1) is 13.1. The lowest BCUT2D eigenvalue weighted by Gasteiger charge is -2.28. The van der Waals surface area contributed by atoms with Gasteiger partial charge in [0.05, 0.1) is 6.10 Å². The summed E-state index contributed by atoms with van der Waals surface area (Å²) in [6.45, 7) is 0. The zero-order chi connectivity index (χ0) is 13.9. The largest absolute Gasteiger partial charge is 0.392 e. The van der Waals surface area contributed by atoms with Crippen LogP contribution >= 0.6 is 0 Å². The molecular weight excluding hydrogens is 248 g/mol. The molecule has 0 saturated carbocycles. The molecule has 2 unspecified atom stereocenters. The third-order valence-electron chi connectivity index (χ3n) is 4.28. The third-order valence-corrected chi connectivity index (χ3v) is 4.28. The summed E-state index contributed by atoms with van der Waals surface area (Å²) in [4.78, 5) is 4.08. The van der Waals surface area contributed by atoms with Crippen molar-refractivity contribution in [1.82, 2.24) is 4.98 Å². The van der Waals surface area contributed by atoms with Crippen LogP contribution in [0.25, 0.3) is 0 Å². The monoisotopic (exact) mass is 268 g/mol. The van der Waals surface area contributed by atoms with E-state index in [0.29, 0.717) is 18.2 Å². The van der Waals surface area contributed by atoms with Gasteiger partial charge in [0.2, 0.25) is 0 Å². The Morgan fingerprint density at radius 3 is 2.80 bits per heavy atom. The van der Waals surface area contributed by atoms with Gasteiger partial charge in [0.1, 0.15) is 5.82 Å². The quantitative estimate of drug-likeness (QED) is 0.898. The molecule has 1 aliphatic carbocycles. The van der Waals surface area contributed by atoms with Gasteiger partial charge in [-0.15, -0.1) is 0 Å². The van der Waals surface area contributed by atoms with E-state index in [1.165, 1.54) is 11.1 Å². The number of anilines is 1. The standard InChI is InChI=1S/C17H20N2O/c18-17-15(6-3-9-19-17)11-16(20)14-8-7-12-4-1-2-5-13(12)10-14/h1-6,9,14,16,20H,7-8,10-11H2,(H2,18,19). The van der Waals surface area contributed by atoms with Crippen molar-refractivity contribution in [1.29, 1.82) is 0 Å². The smallest absolute Gasteiger partial charge is 0.126 e. The summed E-state index contributed by atoms with van der Waals surface area (Å²) < 4.78 is 0. The number of aryl methyl sites for hydroxylation is 1. The number of aliphatic hydroxyl groups is 1. The van der Waals surface area contributed by atoms with Gasteiger partial charge in [0, 0.05) is 12.6 Å². The van der Waals surface area contributed by atoms with Crippen LogP contribution < -0.4 is 5.73 Å². The molecule has 104 valence electrons. The SMILES string of the molecule is Nc1ncccc1CC(O)C1CCc2ccccc2C1. The number of pyridine rings is 1. The van der Waals surface area contributed by atoms with E-state index in [1.54, 1.807) is 6.20 Å². The molecule has 3 N–H and O–H groups in total. The van der Waals surface area contributed by atoms with Crippen molar-refractivity contribution < 1.29 is 5.11 Å². The van der Waals surface area contributed by atoms with Gasteiger partial charge in [-0.05, 0) is 47.9 Å². The summed E-state index contributed by atoms with van der Waals surface area (Å²) >= 11 is 0. The number of rotatable bonds is 3. The van der Waals surface area contributed by atoms with Crippen molar-refractivity contribution >= 4 is 5.82 Å². The number of nitrogens with two attached hydrogens (primary N) is 1. The number of fused-ring (bicyclic) bond motifs is 1. The maximum absolute atomic E-state index is 10.5. The van der Waals surface area contributed by atoms with E-state index < -0.39 is 0 Å². The van der Waals surface area contributed by atoms with Crippen LogP contribution in [0.2, 0.25) is 0 Å². The maximum atomic E-state index is 10.5. The number of benzene rings is 1. The van der Waals surface area contributed by atoms with Crippen LogP contribution in [0.5, 0.6) is 0 Å². The summed E-state index contributed by atoms with van der Waals surface area (Å²) in [5.41, 5.74) is 9.60. The topological polar surface area (TPSA) is 59.1 Å². The van der Waals surface area contributed by atoms with Gasteiger partial charge in [-0.25, -0.2) is 4.98 Å². The summed E-state index contributed by atoms with van der Waals surface area (Å²) in [7, 11) is 0. The molecule has 3 heteroatoms. The minimum atomic E-state index is -0.352. The summed E-state index contributed by atoms with van der Waals surface area (Å²) in [6, 6.07) is 12.3. The first-order chi connectivity index (χ1) is 9.74. The normalized spacial score (nSPS) is 19.4. The van der Waals surface area contributed by atoms with Gasteiger partial charge < -0.3 is 10.8 Å². The Balaban J connectivity index is 1.70. The molecule has 2 atom stereocenters. The van der Waals surface area contributed by atoms with Crippen LogP contribution in [0.1, 0.15) is 23.1 Å². The Kier molecular flexibility index (Phi) is 3.70. The van der Waals surface area contributed by atoms with E-state index in [0.717, 1.165) is 24.8 Å². The molecule has 2 aromatic rings. The average molecular weight is 268 g/mol. The zero-order valence-electron chi connectivity index (χ0n) is 11.5. The van der Waals surface area contributed by atoms with Crippen molar-refractivity contribution in [3.05, 3.63) is 59.3 Å². The molecule has 1 aromatic carbocycles. The van der Waals surface area contributed by atoms with Crippen molar-refractivity contribution in [2.45, 2.75) is 31.8 Å². The van der Waals surface area contributed by atoms with Crippen LogP contribution in [0.4, 0.5) is 5.82 Å². The van der Waals surface area contributed by atoms with Gasteiger partial charge in [-0.2, -0.15) is 0 Å². The molecule has 0 amide bonds. The minimum absolute atomic E-state index is 0.310. The number of nitrogens with zero attached hydrogens (tertiary/aromatic N) is 1. The Bertz CT molecular complexity index is 597. The number of hydrogen-bond acceptors (Lipinski definition) is 3. The van der Waals surface area contributed by atoms with E-state index in [2.05, 4.69) is 29.2 Å². The molecule has 3 nitrogen and oxygen atoms in total. The summed E-state index contributed by atoms with van der Waals surface area (Å²) in [5.74, 6) is 0.840. The fourth-order valence-corrected chi connectivity index (χ4v) is 3.07. The Morgan fingerprint density at radius 2 is 2.00 bits per heavy atom. The highest BCUT2D eigenvalue weighted by Crippen LogP contribution is 2.29. The highest BCUT2D eigenvalue weighted by molar-refractivity contribution is 5.39. The molecule has 3 rings (SSSR count). The van der Waals surface area contributed by atoms with Gasteiger partial charge in [0.25, 0.3) is 0 Å². The predicted molar refractivity (Wildman–Crippen MR) is 80.3 cm³/mol. The molecule has 1 aromatic heterocycles. The molecule has 1 heterocycles.